The molecule has 0 spiro atoms. The highest BCUT2D eigenvalue weighted by Gasteiger charge is 2.30. The third kappa shape index (κ3) is 6.13. The number of halogens is 4. The number of anilines is 1. The second-order valence-electron chi connectivity index (χ2n) is 5.85. The Morgan fingerprint density at radius 3 is 2.30 bits per heavy atom. The maximum atomic E-state index is 12.5. The smallest absolute Gasteiger partial charge is 0.365 e. The topological polar surface area (TPSA) is 15.3 Å². The van der Waals surface area contributed by atoms with Crippen molar-refractivity contribution in [3.05, 3.63) is 28.2 Å². The van der Waals surface area contributed by atoms with Crippen LogP contribution in [-0.4, -0.2) is 25.3 Å². The molecule has 0 aliphatic carbocycles. The van der Waals surface area contributed by atoms with E-state index in [0.717, 1.165) is 10.0 Å². The van der Waals surface area contributed by atoms with E-state index in [-0.39, 0.29) is 5.54 Å². The number of nitrogens with zero attached hydrogens (tertiary/aromatic N) is 1. The van der Waals surface area contributed by atoms with Crippen molar-refractivity contribution in [3.8, 4) is 0 Å². The number of alkyl halides is 3. The van der Waals surface area contributed by atoms with Crippen LogP contribution in [0.4, 0.5) is 18.9 Å². The Balaban J connectivity index is 2.95. The molecule has 114 valence electrons. The van der Waals surface area contributed by atoms with E-state index >= 15 is 0 Å². The average molecular weight is 353 g/mol. The predicted octanol–water partition coefficient (Wildman–Crippen LogP) is 4.34. The van der Waals surface area contributed by atoms with Gasteiger partial charge < -0.3 is 10.2 Å². The van der Waals surface area contributed by atoms with Gasteiger partial charge in [0.15, 0.2) is 0 Å². The second kappa shape index (κ2) is 6.35. The van der Waals surface area contributed by atoms with Crippen molar-refractivity contribution >= 4 is 21.6 Å². The van der Waals surface area contributed by atoms with Gasteiger partial charge in [-0.3, -0.25) is 0 Å². The van der Waals surface area contributed by atoms with Gasteiger partial charge in [-0.1, -0.05) is 15.9 Å². The summed E-state index contributed by atoms with van der Waals surface area (Å²) in [4.78, 5) is 1.23. The van der Waals surface area contributed by atoms with Crippen LogP contribution < -0.4 is 10.2 Å². The molecule has 0 bridgehead atoms. The summed E-state index contributed by atoms with van der Waals surface area (Å²) < 4.78 is 38.4. The molecular formula is C14H20BrF3N2. The van der Waals surface area contributed by atoms with Crippen LogP contribution in [0, 0.1) is 0 Å². The van der Waals surface area contributed by atoms with Crippen LogP contribution in [-0.2, 0) is 6.54 Å². The number of hydrogen-bond acceptors (Lipinski definition) is 2. The van der Waals surface area contributed by atoms with Crippen molar-refractivity contribution in [3.63, 3.8) is 0 Å². The number of rotatable bonds is 4. The van der Waals surface area contributed by atoms with Crippen LogP contribution in [0.3, 0.4) is 0 Å². The molecule has 20 heavy (non-hydrogen) atoms. The molecule has 2 nitrogen and oxygen atoms in total. The van der Waals surface area contributed by atoms with E-state index in [1.165, 1.54) is 11.9 Å². The molecule has 6 heteroatoms. The largest absolute Gasteiger partial charge is 0.405 e. The maximum Gasteiger partial charge on any atom is 0.405 e. The molecule has 0 atom stereocenters. The summed E-state index contributed by atoms with van der Waals surface area (Å²) in [6, 6.07) is 5.30. The van der Waals surface area contributed by atoms with E-state index in [2.05, 4.69) is 21.2 Å². The van der Waals surface area contributed by atoms with Crippen molar-refractivity contribution in [1.82, 2.24) is 5.32 Å². The predicted molar refractivity (Wildman–Crippen MR) is 80.1 cm³/mol. The Labute approximate surface area is 126 Å². The number of benzene rings is 1. The summed E-state index contributed by atoms with van der Waals surface area (Å²) in [5.74, 6) is 0. The fraction of sp³-hybridized carbons (Fsp3) is 0.571. The second-order valence-corrected chi connectivity index (χ2v) is 6.76. The van der Waals surface area contributed by atoms with E-state index in [0.29, 0.717) is 12.2 Å². The Morgan fingerprint density at radius 2 is 1.80 bits per heavy atom. The quantitative estimate of drug-likeness (QED) is 0.867. The normalized spacial score (nSPS) is 12.6. The monoisotopic (exact) mass is 352 g/mol. The lowest BCUT2D eigenvalue weighted by Gasteiger charge is -2.26. The molecule has 0 aliphatic heterocycles. The molecule has 0 radical (unpaired) electrons. The molecule has 1 aromatic carbocycles. The SMILES string of the molecule is CN(CC(F)(F)F)c1ccc(Br)cc1CNC(C)(C)C. The van der Waals surface area contributed by atoms with Crippen LogP contribution >= 0.6 is 15.9 Å². The molecule has 0 fully saturated rings. The lowest BCUT2D eigenvalue weighted by molar-refractivity contribution is -0.119. The van der Waals surface area contributed by atoms with Gasteiger partial charge in [0.1, 0.15) is 6.54 Å². The summed E-state index contributed by atoms with van der Waals surface area (Å²) in [5, 5.41) is 3.29. The van der Waals surface area contributed by atoms with Gasteiger partial charge in [-0.2, -0.15) is 13.2 Å². The van der Waals surface area contributed by atoms with Crippen molar-refractivity contribution in [2.75, 3.05) is 18.5 Å². The zero-order valence-electron chi connectivity index (χ0n) is 12.1. The zero-order valence-corrected chi connectivity index (χ0v) is 13.7. The lowest BCUT2D eigenvalue weighted by Crippen LogP contribution is -2.36. The summed E-state index contributed by atoms with van der Waals surface area (Å²) in [6.45, 7) is 5.61. The molecule has 0 aliphatic rings. The first-order valence-corrected chi connectivity index (χ1v) is 7.08. The Kier molecular flexibility index (Phi) is 5.49. The lowest BCUT2D eigenvalue weighted by atomic mass is 10.1. The van der Waals surface area contributed by atoms with E-state index < -0.39 is 12.7 Å². The van der Waals surface area contributed by atoms with Crippen LogP contribution in [0.1, 0.15) is 26.3 Å². The van der Waals surface area contributed by atoms with Crippen LogP contribution in [0.15, 0.2) is 22.7 Å². The molecule has 0 saturated heterocycles. The number of nitrogens with one attached hydrogen (secondary N) is 1. The van der Waals surface area contributed by atoms with Gasteiger partial charge in [-0.05, 0) is 44.5 Å². The van der Waals surface area contributed by atoms with Crippen LogP contribution in [0.2, 0.25) is 0 Å². The molecular weight excluding hydrogens is 333 g/mol. The fourth-order valence-corrected chi connectivity index (χ4v) is 2.19. The first-order valence-electron chi connectivity index (χ1n) is 6.29. The summed E-state index contributed by atoms with van der Waals surface area (Å²) in [7, 11) is 1.46. The standard InChI is InChI=1S/C14H20BrF3N2/c1-13(2,3)19-8-10-7-11(15)5-6-12(10)20(4)9-14(16,17)18/h5-7,19H,8-9H2,1-4H3. The molecule has 0 aromatic heterocycles. The van der Waals surface area contributed by atoms with Crippen LogP contribution in [0.25, 0.3) is 0 Å². The summed E-state index contributed by atoms with van der Waals surface area (Å²) in [6.07, 6.45) is -4.21. The molecule has 1 N–H and O–H groups in total. The highest BCUT2D eigenvalue weighted by atomic mass is 79.9. The van der Waals surface area contributed by atoms with Crippen molar-refractivity contribution < 1.29 is 13.2 Å². The molecule has 1 rings (SSSR count). The minimum atomic E-state index is -4.21. The van der Waals surface area contributed by atoms with E-state index in [4.69, 9.17) is 0 Å². The highest BCUT2D eigenvalue weighted by molar-refractivity contribution is 9.10. The minimum Gasteiger partial charge on any atom is -0.365 e. The Bertz CT molecular complexity index is 453. The Hall–Kier alpha value is -0.750. The molecule has 0 amide bonds. The van der Waals surface area contributed by atoms with Crippen molar-refractivity contribution in [2.24, 2.45) is 0 Å². The fourth-order valence-electron chi connectivity index (χ4n) is 1.78. The minimum absolute atomic E-state index is 0.0951. The van der Waals surface area contributed by atoms with Gasteiger partial charge in [0.2, 0.25) is 0 Å². The van der Waals surface area contributed by atoms with Gasteiger partial charge in [-0.25, -0.2) is 0 Å². The van der Waals surface area contributed by atoms with Crippen molar-refractivity contribution in [2.45, 2.75) is 39.0 Å². The Morgan fingerprint density at radius 1 is 1.20 bits per heavy atom. The van der Waals surface area contributed by atoms with Gasteiger partial charge in [0.25, 0.3) is 0 Å². The average Bonchev–Trinajstić information content (AvgIpc) is 2.22. The number of hydrogen-bond donors (Lipinski definition) is 1. The van der Waals surface area contributed by atoms with Gasteiger partial charge in [-0.15, -0.1) is 0 Å². The van der Waals surface area contributed by atoms with E-state index in [9.17, 15) is 13.2 Å². The third-order valence-electron chi connectivity index (χ3n) is 2.68. The molecule has 1 aromatic rings. The maximum absolute atomic E-state index is 12.5. The molecule has 0 unspecified atom stereocenters. The van der Waals surface area contributed by atoms with E-state index in [1.54, 1.807) is 12.1 Å². The summed E-state index contributed by atoms with van der Waals surface area (Å²) >= 11 is 3.36. The highest BCUT2D eigenvalue weighted by Crippen LogP contribution is 2.27. The first kappa shape index (κ1) is 17.3. The van der Waals surface area contributed by atoms with E-state index in [1.807, 2.05) is 26.8 Å². The molecule has 0 heterocycles. The van der Waals surface area contributed by atoms with Gasteiger partial charge >= 0.3 is 6.18 Å². The van der Waals surface area contributed by atoms with Crippen LogP contribution in [0.5, 0.6) is 0 Å². The van der Waals surface area contributed by atoms with Crippen molar-refractivity contribution in [1.29, 1.82) is 0 Å². The summed E-state index contributed by atoms with van der Waals surface area (Å²) in [5.41, 5.74) is 1.32. The zero-order chi connectivity index (χ0) is 15.6. The van der Waals surface area contributed by atoms with Gasteiger partial charge in [0.05, 0.1) is 0 Å². The first-order chi connectivity index (χ1) is 8.98. The van der Waals surface area contributed by atoms with Gasteiger partial charge in [0, 0.05) is 29.3 Å². The third-order valence-corrected chi connectivity index (χ3v) is 3.17. The molecule has 0 saturated carbocycles.